The van der Waals surface area contributed by atoms with Gasteiger partial charge < -0.3 is 15.2 Å². The minimum absolute atomic E-state index is 0.0844. The van der Waals surface area contributed by atoms with Gasteiger partial charge >= 0.3 is 11.9 Å². The van der Waals surface area contributed by atoms with Crippen LogP contribution in [0.1, 0.15) is 130 Å². The van der Waals surface area contributed by atoms with Crippen LogP contribution in [0.15, 0.2) is 11.1 Å². The fourth-order valence-corrected chi connectivity index (χ4v) is 4.63. The van der Waals surface area contributed by atoms with Gasteiger partial charge in [0.2, 0.25) is 0 Å². The molecule has 1 heterocycles. The largest absolute Gasteiger partial charge is 0.461 e. The third kappa shape index (κ3) is 11.5. The third-order valence-electron chi connectivity index (χ3n) is 6.74. The van der Waals surface area contributed by atoms with Crippen molar-refractivity contribution in [1.29, 1.82) is 0 Å². The third-order valence-corrected chi connectivity index (χ3v) is 6.74. The first-order valence-electron chi connectivity index (χ1n) is 13.7. The molecular formula is C28H49NO5. The molecule has 1 rings (SSSR count). The normalized spacial score (nSPS) is 18.1. The summed E-state index contributed by atoms with van der Waals surface area (Å²) < 4.78 is 11.2. The first kappa shape index (κ1) is 30.2. The molecule has 0 bridgehead atoms. The van der Waals surface area contributed by atoms with Crippen molar-refractivity contribution in [3.05, 3.63) is 11.1 Å². The van der Waals surface area contributed by atoms with Crippen molar-refractivity contribution in [2.75, 3.05) is 0 Å². The van der Waals surface area contributed by atoms with E-state index in [1.807, 2.05) is 0 Å². The van der Waals surface area contributed by atoms with E-state index in [2.05, 4.69) is 13.8 Å². The Kier molecular flexibility index (Phi) is 15.6. The van der Waals surface area contributed by atoms with Gasteiger partial charge in [-0.3, -0.25) is 9.59 Å². The summed E-state index contributed by atoms with van der Waals surface area (Å²) in [5.74, 6) is -1.69. The van der Waals surface area contributed by atoms with Crippen molar-refractivity contribution in [1.82, 2.24) is 0 Å². The summed E-state index contributed by atoms with van der Waals surface area (Å²) in [5.41, 5.74) is 5.86. The second-order valence-electron chi connectivity index (χ2n) is 10.1. The minimum atomic E-state index is -0.768. The molecule has 34 heavy (non-hydrogen) atoms. The van der Waals surface area contributed by atoms with Crippen LogP contribution in [0.2, 0.25) is 0 Å². The molecule has 0 saturated carbocycles. The molecule has 6 heteroatoms. The van der Waals surface area contributed by atoms with E-state index >= 15 is 0 Å². The molecule has 0 aromatic rings. The second kappa shape index (κ2) is 17.6. The Bertz CT molecular complexity index is 653. The van der Waals surface area contributed by atoms with E-state index in [0.29, 0.717) is 18.4 Å². The van der Waals surface area contributed by atoms with Crippen molar-refractivity contribution in [3.63, 3.8) is 0 Å². The maximum atomic E-state index is 12.7. The highest BCUT2D eigenvalue weighted by Gasteiger charge is 2.43. The number of cyclic esters (lactones) is 1. The number of carbonyl (C=O) groups is 3. The lowest BCUT2D eigenvalue weighted by molar-refractivity contribution is -0.189. The lowest BCUT2D eigenvalue weighted by Gasteiger charge is -2.37. The summed E-state index contributed by atoms with van der Waals surface area (Å²) in [7, 11) is 0. The van der Waals surface area contributed by atoms with Crippen LogP contribution in [0.5, 0.6) is 0 Å². The van der Waals surface area contributed by atoms with E-state index in [0.717, 1.165) is 38.5 Å². The number of hydrogen-bond donors (Lipinski definition) is 1. The number of rotatable bonds is 20. The van der Waals surface area contributed by atoms with Crippen molar-refractivity contribution in [2.45, 2.75) is 143 Å². The Labute approximate surface area is 207 Å². The van der Waals surface area contributed by atoms with Gasteiger partial charge in [0.25, 0.3) is 5.91 Å². The Morgan fingerprint density at radius 1 is 0.882 bits per heavy atom. The first-order valence-corrected chi connectivity index (χ1v) is 13.7. The number of esters is 2. The monoisotopic (exact) mass is 479 g/mol. The number of ether oxygens (including phenoxy) is 2. The van der Waals surface area contributed by atoms with Crippen molar-refractivity contribution in [3.8, 4) is 0 Å². The molecule has 1 amide bonds. The van der Waals surface area contributed by atoms with Crippen LogP contribution in [0.3, 0.4) is 0 Å². The Balaban J connectivity index is 2.60. The Hall–Kier alpha value is -1.85. The molecule has 1 aliphatic heterocycles. The van der Waals surface area contributed by atoms with Crippen LogP contribution < -0.4 is 5.73 Å². The predicted molar refractivity (Wildman–Crippen MR) is 136 cm³/mol. The lowest BCUT2D eigenvalue weighted by Crippen LogP contribution is -2.47. The molecule has 1 saturated heterocycles. The smallest absolute Gasteiger partial charge is 0.343 e. The van der Waals surface area contributed by atoms with E-state index in [1.54, 1.807) is 13.8 Å². The molecule has 1 fully saturated rings. The SMILES string of the molecule is CCCCCCCCCCC[C@@H](C[C@@H]1OC(=O)[C@H]1CCCCCC)OC(=O)C(C(N)=O)=C(C)C. The van der Waals surface area contributed by atoms with Gasteiger partial charge in [-0.25, -0.2) is 4.79 Å². The van der Waals surface area contributed by atoms with Crippen molar-refractivity contribution < 1.29 is 23.9 Å². The molecule has 0 unspecified atom stereocenters. The van der Waals surface area contributed by atoms with Gasteiger partial charge in [0.15, 0.2) is 0 Å². The molecule has 0 spiro atoms. The van der Waals surface area contributed by atoms with E-state index in [1.165, 1.54) is 51.4 Å². The molecule has 6 nitrogen and oxygen atoms in total. The number of nitrogens with two attached hydrogens (primary N) is 1. The highest BCUT2D eigenvalue weighted by Crippen LogP contribution is 2.33. The van der Waals surface area contributed by atoms with Crippen LogP contribution in [-0.2, 0) is 23.9 Å². The Morgan fingerprint density at radius 2 is 1.41 bits per heavy atom. The standard InChI is InChI=1S/C28H49NO5/c1-5-7-9-11-12-13-14-15-16-18-22(33-28(32)25(21(3)4)26(29)30)20-24-23(27(31)34-24)19-17-10-8-6-2/h22-24H,5-20H2,1-4H3,(H2,29,30)/t22-,23-,24-/m0/s1. The summed E-state index contributed by atoms with van der Waals surface area (Å²) in [5, 5.41) is 0. The van der Waals surface area contributed by atoms with Crippen LogP contribution in [0, 0.1) is 5.92 Å². The molecule has 0 radical (unpaired) electrons. The van der Waals surface area contributed by atoms with E-state index < -0.39 is 11.9 Å². The van der Waals surface area contributed by atoms with Crippen LogP contribution >= 0.6 is 0 Å². The lowest BCUT2D eigenvalue weighted by atomic mass is 9.86. The average Bonchev–Trinajstić information content (AvgIpc) is 2.76. The van der Waals surface area contributed by atoms with E-state index in [-0.39, 0.29) is 29.7 Å². The highest BCUT2D eigenvalue weighted by atomic mass is 16.6. The number of carbonyl (C=O) groups excluding carboxylic acids is 3. The summed E-state index contributed by atoms with van der Waals surface area (Å²) in [4.78, 5) is 36.4. The molecule has 0 aromatic heterocycles. The first-order chi connectivity index (χ1) is 16.3. The molecule has 1 aliphatic rings. The molecular weight excluding hydrogens is 430 g/mol. The molecule has 3 atom stereocenters. The molecule has 196 valence electrons. The number of primary amides is 1. The van der Waals surface area contributed by atoms with Crippen molar-refractivity contribution >= 4 is 17.8 Å². The quantitative estimate of drug-likeness (QED) is 0.0703. The molecule has 2 N–H and O–H groups in total. The zero-order valence-electron chi connectivity index (χ0n) is 22.2. The summed E-state index contributed by atoms with van der Waals surface area (Å²) in [6, 6.07) is 0. The van der Waals surface area contributed by atoms with Gasteiger partial charge in [-0.2, -0.15) is 0 Å². The minimum Gasteiger partial charge on any atom is -0.461 e. The number of allylic oxidation sites excluding steroid dienone is 1. The summed E-state index contributed by atoms with van der Waals surface area (Å²) >= 11 is 0. The van der Waals surface area contributed by atoms with E-state index in [9.17, 15) is 14.4 Å². The fourth-order valence-electron chi connectivity index (χ4n) is 4.63. The zero-order chi connectivity index (χ0) is 25.3. The topological polar surface area (TPSA) is 95.7 Å². The van der Waals surface area contributed by atoms with Crippen molar-refractivity contribution in [2.24, 2.45) is 11.7 Å². The maximum absolute atomic E-state index is 12.7. The maximum Gasteiger partial charge on any atom is 0.343 e. The Morgan fingerprint density at radius 3 is 1.91 bits per heavy atom. The fraction of sp³-hybridized carbons (Fsp3) is 0.821. The van der Waals surface area contributed by atoms with Gasteiger partial charge in [-0.1, -0.05) is 96.5 Å². The summed E-state index contributed by atoms with van der Waals surface area (Å²) in [6.07, 6.45) is 16.8. The number of amides is 1. The van der Waals surface area contributed by atoms with Crippen LogP contribution in [-0.4, -0.2) is 30.1 Å². The van der Waals surface area contributed by atoms with Gasteiger partial charge in [-0.15, -0.1) is 0 Å². The highest BCUT2D eigenvalue weighted by molar-refractivity contribution is 6.16. The van der Waals surface area contributed by atoms with Gasteiger partial charge in [-0.05, 0) is 33.1 Å². The number of unbranched alkanes of at least 4 members (excludes halogenated alkanes) is 11. The predicted octanol–water partition coefficient (Wildman–Crippen LogP) is 6.54. The van der Waals surface area contributed by atoms with Crippen LogP contribution in [0.4, 0.5) is 0 Å². The van der Waals surface area contributed by atoms with Crippen LogP contribution in [0.25, 0.3) is 0 Å². The molecule has 0 aliphatic carbocycles. The second-order valence-corrected chi connectivity index (χ2v) is 10.1. The summed E-state index contributed by atoms with van der Waals surface area (Å²) in [6.45, 7) is 7.75. The van der Waals surface area contributed by atoms with Gasteiger partial charge in [0.1, 0.15) is 17.8 Å². The van der Waals surface area contributed by atoms with Gasteiger partial charge in [0.05, 0.1) is 5.92 Å². The number of hydrogen-bond acceptors (Lipinski definition) is 5. The zero-order valence-corrected chi connectivity index (χ0v) is 22.2. The molecule has 0 aromatic carbocycles. The average molecular weight is 480 g/mol. The van der Waals surface area contributed by atoms with E-state index in [4.69, 9.17) is 15.2 Å². The van der Waals surface area contributed by atoms with Gasteiger partial charge in [0, 0.05) is 6.42 Å².